The van der Waals surface area contributed by atoms with Crippen LogP contribution in [-0.2, 0) is 6.54 Å². The van der Waals surface area contributed by atoms with Gasteiger partial charge >= 0.3 is 0 Å². The summed E-state index contributed by atoms with van der Waals surface area (Å²) in [5, 5.41) is 0.652. The van der Waals surface area contributed by atoms with E-state index in [0.717, 1.165) is 23.2 Å². The monoisotopic (exact) mass is 348 g/mol. The molecule has 0 aliphatic rings. The molecule has 0 aliphatic heterocycles. The van der Waals surface area contributed by atoms with Gasteiger partial charge in [-0.3, -0.25) is 4.79 Å². The van der Waals surface area contributed by atoms with E-state index in [1.54, 1.807) is 0 Å². The number of amides is 1. The van der Waals surface area contributed by atoms with E-state index in [1.165, 1.54) is 35.6 Å². The van der Waals surface area contributed by atoms with Crippen molar-refractivity contribution in [2.45, 2.75) is 19.9 Å². The molecule has 1 amide bonds. The van der Waals surface area contributed by atoms with Crippen molar-refractivity contribution >= 4 is 39.1 Å². The van der Waals surface area contributed by atoms with E-state index in [-0.39, 0.29) is 11.7 Å². The highest BCUT2D eigenvalue weighted by molar-refractivity contribution is 7.16. The van der Waals surface area contributed by atoms with Crippen molar-refractivity contribution in [2.75, 3.05) is 0 Å². The van der Waals surface area contributed by atoms with Gasteiger partial charge in [-0.2, -0.15) is 4.99 Å². The van der Waals surface area contributed by atoms with Crippen molar-refractivity contribution < 1.29 is 9.18 Å². The van der Waals surface area contributed by atoms with Gasteiger partial charge < -0.3 is 4.57 Å². The predicted octanol–water partition coefficient (Wildman–Crippen LogP) is 4.65. The Hall–Kier alpha value is -1.98. The number of fused-ring (bicyclic) bond motifs is 1. The molecule has 118 valence electrons. The zero-order valence-electron chi connectivity index (χ0n) is 12.4. The highest BCUT2D eigenvalue weighted by atomic mass is 35.5. The smallest absolute Gasteiger partial charge is 0.279 e. The molecule has 0 fully saturated rings. The predicted molar refractivity (Wildman–Crippen MR) is 91.4 cm³/mol. The van der Waals surface area contributed by atoms with Gasteiger partial charge in [-0.05, 0) is 48.9 Å². The standard InChI is InChI=1S/C17H14ClFN2OS/c1-2-9-21-14-8-5-12(18)10-15(14)23-17(21)20-16(22)11-3-6-13(19)7-4-11/h3-8,10H,2,9H2,1H3. The fraction of sp³-hybridized carbons (Fsp3) is 0.176. The number of benzene rings is 2. The first-order chi connectivity index (χ1) is 11.1. The molecular weight excluding hydrogens is 335 g/mol. The summed E-state index contributed by atoms with van der Waals surface area (Å²) in [7, 11) is 0. The lowest BCUT2D eigenvalue weighted by molar-refractivity contribution is 0.0998. The maximum absolute atomic E-state index is 13.0. The molecule has 0 saturated carbocycles. The summed E-state index contributed by atoms with van der Waals surface area (Å²) >= 11 is 7.46. The molecule has 0 saturated heterocycles. The normalized spacial score (nSPS) is 12.0. The number of aromatic nitrogens is 1. The minimum Gasteiger partial charge on any atom is -0.316 e. The average molecular weight is 349 g/mol. The Morgan fingerprint density at radius 1 is 1.26 bits per heavy atom. The van der Waals surface area contributed by atoms with Crippen LogP contribution < -0.4 is 4.80 Å². The van der Waals surface area contributed by atoms with Gasteiger partial charge in [0, 0.05) is 17.1 Å². The molecule has 3 nitrogen and oxygen atoms in total. The second-order valence-corrected chi connectivity index (χ2v) is 6.52. The number of carbonyl (C=O) groups excluding carboxylic acids is 1. The number of thiazole rings is 1. The Kier molecular flexibility index (Phi) is 4.59. The largest absolute Gasteiger partial charge is 0.316 e. The summed E-state index contributed by atoms with van der Waals surface area (Å²) in [5.74, 6) is -0.758. The van der Waals surface area contributed by atoms with Crippen LogP contribution in [0.2, 0.25) is 5.02 Å². The molecule has 0 atom stereocenters. The Morgan fingerprint density at radius 3 is 2.70 bits per heavy atom. The third-order valence-electron chi connectivity index (χ3n) is 3.38. The first-order valence-electron chi connectivity index (χ1n) is 7.22. The SMILES string of the molecule is CCCn1c(=NC(=O)c2ccc(F)cc2)sc2cc(Cl)ccc21. The third-order valence-corrected chi connectivity index (χ3v) is 4.66. The molecule has 23 heavy (non-hydrogen) atoms. The van der Waals surface area contributed by atoms with Crippen molar-refractivity contribution in [2.24, 2.45) is 4.99 Å². The molecule has 0 N–H and O–H groups in total. The van der Waals surface area contributed by atoms with E-state index in [1.807, 2.05) is 22.8 Å². The zero-order valence-corrected chi connectivity index (χ0v) is 14.0. The van der Waals surface area contributed by atoms with Crippen LogP contribution in [0.15, 0.2) is 47.5 Å². The van der Waals surface area contributed by atoms with Crippen LogP contribution in [0.3, 0.4) is 0 Å². The van der Waals surface area contributed by atoms with Crippen molar-refractivity contribution in [3.05, 3.63) is 63.7 Å². The molecule has 3 rings (SSSR count). The van der Waals surface area contributed by atoms with Gasteiger partial charge in [0.15, 0.2) is 4.80 Å². The van der Waals surface area contributed by atoms with Crippen LogP contribution in [0.1, 0.15) is 23.7 Å². The van der Waals surface area contributed by atoms with Crippen molar-refractivity contribution in [3.63, 3.8) is 0 Å². The van der Waals surface area contributed by atoms with Crippen LogP contribution in [0.25, 0.3) is 10.2 Å². The van der Waals surface area contributed by atoms with E-state index < -0.39 is 0 Å². The Morgan fingerprint density at radius 2 is 2.00 bits per heavy atom. The van der Waals surface area contributed by atoms with Crippen LogP contribution in [0.4, 0.5) is 4.39 Å². The second kappa shape index (κ2) is 6.64. The summed E-state index contributed by atoms with van der Waals surface area (Å²) in [6.07, 6.45) is 0.923. The molecule has 6 heteroatoms. The molecule has 1 aromatic heterocycles. The lowest BCUT2D eigenvalue weighted by Gasteiger charge is -2.02. The van der Waals surface area contributed by atoms with E-state index in [0.29, 0.717) is 15.4 Å². The summed E-state index contributed by atoms with van der Waals surface area (Å²) < 4.78 is 16.0. The highest BCUT2D eigenvalue weighted by Crippen LogP contribution is 2.22. The van der Waals surface area contributed by atoms with E-state index in [9.17, 15) is 9.18 Å². The Balaban J connectivity index is 2.12. The lowest BCUT2D eigenvalue weighted by Crippen LogP contribution is -2.16. The zero-order chi connectivity index (χ0) is 16.4. The topological polar surface area (TPSA) is 34.4 Å². The third kappa shape index (κ3) is 3.35. The summed E-state index contributed by atoms with van der Waals surface area (Å²) in [5.41, 5.74) is 1.37. The number of aryl methyl sites for hydroxylation is 1. The molecule has 0 radical (unpaired) electrons. The Labute approximate surface area is 141 Å². The Bertz CT molecular complexity index is 928. The van der Waals surface area contributed by atoms with Gasteiger partial charge in [0.05, 0.1) is 10.2 Å². The number of halogens is 2. The molecule has 2 aromatic carbocycles. The van der Waals surface area contributed by atoms with Gasteiger partial charge in [0.2, 0.25) is 0 Å². The summed E-state index contributed by atoms with van der Waals surface area (Å²) in [6, 6.07) is 11.0. The van der Waals surface area contributed by atoms with E-state index >= 15 is 0 Å². The molecule has 0 spiro atoms. The molecule has 0 unspecified atom stereocenters. The van der Waals surface area contributed by atoms with Gasteiger partial charge in [0.1, 0.15) is 5.82 Å². The highest BCUT2D eigenvalue weighted by Gasteiger charge is 2.09. The molecule has 3 aromatic rings. The fourth-order valence-corrected chi connectivity index (χ4v) is 3.65. The van der Waals surface area contributed by atoms with E-state index in [2.05, 4.69) is 11.9 Å². The fourth-order valence-electron chi connectivity index (χ4n) is 2.32. The summed E-state index contributed by atoms with van der Waals surface area (Å²) in [6.45, 7) is 2.83. The van der Waals surface area contributed by atoms with Gasteiger partial charge in [-0.25, -0.2) is 4.39 Å². The second-order valence-electron chi connectivity index (χ2n) is 5.07. The molecule has 0 bridgehead atoms. The van der Waals surface area contributed by atoms with Crippen LogP contribution in [0, 0.1) is 5.82 Å². The maximum atomic E-state index is 13.0. The minimum atomic E-state index is -0.382. The van der Waals surface area contributed by atoms with Crippen LogP contribution in [0.5, 0.6) is 0 Å². The number of hydrogen-bond acceptors (Lipinski definition) is 2. The van der Waals surface area contributed by atoms with Crippen molar-refractivity contribution in [1.29, 1.82) is 0 Å². The van der Waals surface area contributed by atoms with Crippen molar-refractivity contribution in [1.82, 2.24) is 4.57 Å². The number of rotatable bonds is 3. The van der Waals surface area contributed by atoms with Crippen LogP contribution in [-0.4, -0.2) is 10.5 Å². The maximum Gasteiger partial charge on any atom is 0.279 e. The van der Waals surface area contributed by atoms with Gasteiger partial charge in [0.25, 0.3) is 5.91 Å². The average Bonchev–Trinajstić information content (AvgIpc) is 2.85. The van der Waals surface area contributed by atoms with E-state index in [4.69, 9.17) is 11.6 Å². The first kappa shape index (κ1) is 15.9. The molecule has 1 heterocycles. The molecular formula is C17H14ClFN2OS. The van der Waals surface area contributed by atoms with Crippen LogP contribution >= 0.6 is 22.9 Å². The quantitative estimate of drug-likeness (QED) is 0.678. The number of nitrogens with zero attached hydrogens (tertiary/aromatic N) is 2. The van der Waals surface area contributed by atoms with Gasteiger partial charge in [-0.1, -0.05) is 29.9 Å². The first-order valence-corrected chi connectivity index (χ1v) is 8.41. The summed E-state index contributed by atoms with van der Waals surface area (Å²) in [4.78, 5) is 17.1. The lowest BCUT2D eigenvalue weighted by atomic mass is 10.2. The van der Waals surface area contributed by atoms with Crippen molar-refractivity contribution in [3.8, 4) is 0 Å². The number of carbonyl (C=O) groups is 1. The minimum absolute atomic E-state index is 0.366. The van der Waals surface area contributed by atoms with Gasteiger partial charge in [-0.15, -0.1) is 0 Å². The number of hydrogen-bond donors (Lipinski definition) is 0. The molecule has 0 aliphatic carbocycles.